The van der Waals surface area contributed by atoms with Crippen LogP contribution in [0.4, 0.5) is 0 Å². The van der Waals surface area contributed by atoms with E-state index in [0.717, 1.165) is 11.2 Å². The third-order valence-corrected chi connectivity index (χ3v) is 3.86. The van der Waals surface area contributed by atoms with E-state index in [1.165, 1.54) is 25.7 Å². The molecule has 1 aliphatic heterocycles. The standard InChI is InChI=1S/C11H21BrO/c1-4-9(8-12)7-10-5-6-11(2,3)13-10/h9-10H,4-8H2,1-3H3. The normalized spacial score (nSPS) is 29.1. The van der Waals surface area contributed by atoms with Crippen molar-refractivity contribution in [3.05, 3.63) is 0 Å². The summed E-state index contributed by atoms with van der Waals surface area (Å²) in [6.07, 6.45) is 5.46. The molecule has 0 bridgehead atoms. The summed E-state index contributed by atoms with van der Waals surface area (Å²) in [6.45, 7) is 6.65. The predicted octanol–water partition coefficient (Wildman–Crippen LogP) is 3.76. The van der Waals surface area contributed by atoms with Crippen molar-refractivity contribution in [2.24, 2.45) is 5.92 Å². The molecule has 78 valence electrons. The Bertz CT molecular complexity index is 152. The molecule has 2 unspecified atom stereocenters. The Morgan fingerprint density at radius 2 is 2.23 bits per heavy atom. The van der Waals surface area contributed by atoms with Gasteiger partial charge in [0.2, 0.25) is 0 Å². The molecular formula is C11H21BrO. The molecular weight excluding hydrogens is 228 g/mol. The van der Waals surface area contributed by atoms with E-state index in [1.807, 2.05) is 0 Å². The lowest BCUT2D eigenvalue weighted by molar-refractivity contribution is -0.0235. The minimum Gasteiger partial charge on any atom is -0.372 e. The van der Waals surface area contributed by atoms with Crippen LogP contribution >= 0.6 is 15.9 Å². The molecule has 0 amide bonds. The molecule has 1 aliphatic rings. The van der Waals surface area contributed by atoms with Crippen LogP contribution in [0, 0.1) is 5.92 Å². The third kappa shape index (κ3) is 3.59. The highest BCUT2D eigenvalue weighted by Gasteiger charge is 2.32. The smallest absolute Gasteiger partial charge is 0.0631 e. The van der Waals surface area contributed by atoms with Gasteiger partial charge in [0, 0.05) is 5.33 Å². The van der Waals surface area contributed by atoms with Gasteiger partial charge in [-0.1, -0.05) is 29.3 Å². The molecule has 13 heavy (non-hydrogen) atoms. The zero-order valence-electron chi connectivity index (χ0n) is 8.98. The summed E-state index contributed by atoms with van der Waals surface area (Å²) < 4.78 is 5.96. The Balaban J connectivity index is 2.31. The number of ether oxygens (including phenoxy) is 1. The van der Waals surface area contributed by atoms with E-state index in [9.17, 15) is 0 Å². The Hall–Kier alpha value is 0.440. The molecule has 2 heteroatoms. The van der Waals surface area contributed by atoms with Gasteiger partial charge >= 0.3 is 0 Å². The zero-order chi connectivity index (χ0) is 9.90. The van der Waals surface area contributed by atoms with Crippen molar-refractivity contribution in [1.29, 1.82) is 0 Å². The Morgan fingerprint density at radius 3 is 2.62 bits per heavy atom. The molecule has 0 N–H and O–H groups in total. The quantitative estimate of drug-likeness (QED) is 0.689. The molecule has 1 nitrogen and oxygen atoms in total. The molecule has 0 aromatic heterocycles. The average Bonchev–Trinajstić information content (AvgIpc) is 2.41. The zero-order valence-corrected chi connectivity index (χ0v) is 10.6. The largest absolute Gasteiger partial charge is 0.372 e. The minimum atomic E-state index is 0.134. The molecule has 1 saturated heterocycles. The van der Waals surface area contributed by atoms with E-state index in [0.29, 0.717) is 6.10 Å². The van der Waals surface area contributed by atoms with Gasteiger partial charge in [0.05, 0.1) is 11.7 Å². The second-order valence-electron chi connectivity index (χ2n) is 4.70. The first-order valence-corrected chi connectivity index (χ1v) is 6.43. The number of alkyl halides is 1. The molecule has 2 atom stereocenters. The maximum atomic E-state index is 5.96. The van der Waals surface area contributed by atoms with Crippen LogP contribution in [0.15, 0.2) is 0 Å². The summed E-state index contributed by atoms with van der Waals surface area (Å²) in [7, 11) is 0. The summed E-state index contributed by atoms with van der Waals surface area (Å²) in [4.78, 5) is 0. The van der Waals surface area contributed by atoms with Crippen molar-refractivity contribution < 1.29 is 4.74 Å². The maximum Gasteiger partial charge on any atom is 0.0631 e. The van der Waals surface area contributed by atoms with Crippen LogP contribution < -0.4 is 0 Å². The SMILES string of the molecule is CCC(CBr)CC1CCC(C)(C)O1. The number of halogens is 1. The fourth-order valence-electron chi connectivity index (χ4n) is 1.95. The molecule has 0 aromatic rings. The lowest BCUT2D eigenvalue weighted by Gasteiger charge is -2.21. The van der Waals surface area contributed by atoms with E-state index < -0.39 is 0 Å². The lowest BCUT2D eigenvalue weighted by Crippen LogP contribution is -2.21. The molecule has 0 aromatic carbocycles. The Morgan fingerprint density at radius 1 is 1.54 bits per heavy atom. The summed E-state index contributed by atoms with van der Waals surface area (Å²) in [5.41, 5.74) is 0.134. The van der Waals surface area contributed by atoms with Crippen LogP contribution in [0.5, 0.6) is 0 Å². The van der Waals surface area contributed by atoms with Gasteiger partial charge in [-0.05, 0) is 39.0 Å². The molecule has 0 saturated carbocycles. The van der Waals surface area contributed by atoms with Crippen molar-refractivity contribution in [3.8, 4) is 0 Å². The topological polar surface area (TPSA) is 9.23 Å². The fraction of sp³-hybridized carbons (Fsp3) is 1.00. The van der Waals surface area contributed by atoms with Gasteiger partial charge in [0.25, 0.3) is 0 Å². The summed E-state index contributed by atoms with van der Waals surface area (Å²) in [5, 5.41) is 1.11. The van der Waals surface area contributed by atoms with Gasteiger partial charge in [-0.2, -0.15) is 0 Å². The van der Waals surface area contributed by atoms with Crippen molar-refractivity contribution in [1.82, 2.24) is 0 Å². The Kier molecular flexibility index (Phi) is 4.24. The first kappa shape index (κ1) is 11.5. The maximum absolute atomic E-state index is 5.96. The van der Waals surface area contributed by atoms with E-state index in [4.69, 9.17) is 4.74 Å². The summed E-state index contributed by atoms with van der Waals surface area (Å²) >= 11 is 3.56. The first-order chi connectivity index (χ1) is 6.07. The predicted molar refractivity (Wildman–Crippen MR) is 60.4 cm³/mol. The van der Waals surface area contributed by atoms with Crippen LogP contribution in [-0.4, -0.2) is 17.0 Å². The van der Waals surface area contributed by atoms with E-state index in [1.54, 1.807) is 0 Å². The van der Waals surface area contributed by atoms with Gasteiger partial charge in [-0.3, -0.25) is 0 Å². The van der Waals surface area contributed by atoms with Crippen molar-refractivity contribution in [2.45, 2.75) is 58.2 Å². The number of rotatable bonds is 4. The van der Waals surface area contributed by atoms with Gasteiger partial charge in [0.15, 0.2) is 0 Å². The van der Waals surface area contributed by atoms with E-state index >= 15 is 0 Å². The van der Waals surface area contributed by atoms with Crippen LogP contribution in [-0.2, 0) is 4.74 Å². The van der Waals surface area contributed by atoms with Crippen LogP contribution in [0.3, 0.4) is 0 Å². The molecule has 0 spiro atoms. The van der Waals surface area contributed by atoms with Gasteiger partial charge in [-0.25, -0.2) is 0 Å². The Labute approximate surface area is 90.4 Å². The molecule has 1 fully saturated rings. The van der Waals surface area contributed by atoms with E-state index in [2.05, 4.69) is 36.7 Å². The third-order valence-electron chi connectivity index (χ3n) is 2.95. The summed E-state index contributed by atoms with van der Waals surface area (Å²) in [6, 6.07) is 0. The second kappa shape index (κ2) is 4.79. The number of hydrogen-bond donors (Lipinski definition) is 0. The molecule has 0 radical (unpaired) electrons. The molecule has 1 heterocycles. The summed E-state index contributed by atoms with van der Waals surface area (Å²) in [5.74, 6) is 0.791. The highest BCUT2D eigenvalue weighted by atomic mass is 79.9. The second-order valence-corrected chi connectivity index (χ2v) is 5.35. The highest BCUT2D eigenvalue weighted by molar-refractivity contribution is 9.09. The van der Waals surface area contributed by atoms with Crippen molar-refractivity contribution in [2.75, 3.05) is 5.33 Å². The van der Waals surface area contributed by atoms with Crippen LogP contribution in [0.25, 0.3) is 0 Å². The van der Waals surface area contributed by atoms with Gasteiger partial charge in [-0.15, -0.1) is 0 Å². The minimum absolute atomic E-state index is 0.134. The highest BCUT2D eigenvalue weighted by Crippen LogP contribution is 2.33. The lowest BCUT2D eigenvalue weighted by atomic mass is 9.98. The molecule has 0 aliphatic carbocycles. The molecule has 1 rings (SSSR count). The number of hydrogen-bond acceptors (Lipinski definition) is 1. The van der Waals surface area contributed by atoms with Gasteiger partial charge < -0.3 is 4.74 Å². The average molecular weight is 249 g/mol. The monoisotopic (exact) mass is 248 g/mol. The van der Waals surface area contributed by atoms with Crippen LogP contribution in [0.1, 0.15) is 46.5 Å². The first-order valence-electron chi connectivity index (χ1n) is 5.31. The van der Waals surface area contributed by atoms with Crippen molar-refractivity contribution in [3.63, 3.8) is 0 Å². The van der Waals surface area contributed by atoms with Gasteiger partial charge in [0.1, 0.15) is 0 Å². The fourth-order valence-corrected chi connectivity index (χ4v) is 2.68. The van der Waals surface area contributed by atoms with Crippen molar-refractivity contribution >= 4 is 15.9 Å². The van der Waals surface area contributed by atoms with E-state index in [-0.39, 0.29) is 5.60 Å². The van der Waals surface area contributed by atoms with Crippen LogP contribution in [0.2, 0.25) is 0 Å².